The third-order valence-corrected chi connectivity index (χ3v) is 6.07. The zero-order valence-corrected chi connectivity index (χ0v) is 20.5. The Morgan fingerprint density at radius 2 is 1.78 bits per heavy atom. The van der Waals surface area contributed by atoms with Crippen LogP contribution in [0.2, 0.25) is 0 Å². The SMILES string of the molecule is CCCCOc1ccc(C2/C(=C(/O)c3ccc(OC)c(OC)c3)C(=O)C(=O)N2Cc2ccco2)cc1. The maximum atomic E-state index is 13.2. The Bertz CT molecular complexity index is 1250. The van der Waals surface area contributed by atoms with Crippen molar-refractivity contribution < 1.29 is 33.3 Å². The van der Waals surface area contributed by atoms with Gasteiger partial charge in [-0.25, -0.2) is 0 Å². The van der Waals surface area contributed by atoms with Gasteiger partial charge in [-0.1, -0.05) is 25.5 Å². The van der Waals surface area contributed by atoms with E-state index in [1.807, 2.05) is 0 Å². The lowest BCUT2D eigenvalue weighted by atomic mass is 9.95. The van der Waals surface area contributed by atoms with Crippen molar-refractivity contribution in [2.75, 3.05) is 20.8 Å². The van der Waals surface area contributed by atoms with E-state index in [0.29, 0.717) is 40.7 Å². The Balaban J connectivity index is 1.78. The zero-order valence-electron chi connectivity index (χ0n) is 20.5. The van der Waals surface area contributed by atoms with Gasteiger partial charge in [0.1, 0.15) is 17.3 Å². The molecule has 36 heavy (non-hydrogen) atoms. The molecule has 3 aromatic rings. The first kappa shape index (κ1) is 24.9. The maximum Gasteiger partial charge on any atom is 0.296 e. The minimum absolute atomic E-state index is 0.0153. The number of carbonyl (C=O) groups excluding carboxylic acids is 2. The molecule has 0 radical (unpaired) electrons. The molecule has 2 aromatic carbocycles. The van der Waals surface area contributed by atoms with Crippen LogP contribution in [-0.4, -0.2) is 42.5 Å². The van der Waals surface area contributed by atoms with Gasteiger partial charge < -0.3 is 28.6 Å². The number of benzene rings is 2. The summed E-state index contributed by atoms with van der Waals surface area (Å²) in [5.41, 5.74) is 0.970. The standard InChI is InChI=1S/C28H29NO7/c1-4-5-14-35-20-11-8-18(9-12-20)25-24(26(30)19-10-13-22(33-2)23(16-19)34-3)27(31)28(32)29(25)17-21-7-6-15-36-21/h6-13,15-16,25,30H,4-5,14,17H2,1-3H3/b26-24-. The first-order chi connectivity index (χ1) is 17.5. The van der Waals surface area contributed by atoms with Crippen molar-refractivity contribution in [3.05, 3.63) is 83.3 Å². The van der Waals surface area contributed by atoms with Crippen LogP contribution in [0.25, 0.3) is 5.76 Å². The van der Waals surface area contributed by atoms with E-state index in [-0.39, 0.29) is 17.9 Å². The second-order valence-electron chi connectivity index (χ2n) is 8.35. The number of aliphatic hydroxyl groups excluding tert-OH is 1. The van der Waals surface area contributed by atoms with E-state index >= 15 is 0 Å². The molecule has 188 valence electrons. The number of rotatable bonds is 10. The molecule has 1 N–H and O–H groups in total. The lowest BCUT2D eigenvalue weighted by molar-refractivity contribution is -0.140. The predicted molar refractivity (Wildman–Crippen MR) is 133 cm³/mol. The summed E-state index contributed by atoms with van der Waals surface area (Å²) in [5.74, 6) is 0.273. The van der Waals surface area contributed by atoms with E-state index < -0.39 is 17.7 Å². The number of methoxy groups -OCH3 is 2. The van der Waals surface area contributed by atoms with Gasteiger partial charge in [0.2, 0.25) is 0 Å². The van der Waals surface area contributed by atoms with Gasteiger partial charge in [-0.3, -0.25) is 9.59 Å². The number of carbonyl (C=O) groups is 2. The molecule has 1 saturated heterocycles. The molecule has 0 aliphatic carbocycles. The number of hydrogen-bond acceptors (Lipinski definition) is 7. The Morgan fingerprint density at radius 3 is 2.42 bits per heavy atom. The number of amides is 1. The Labute approximate surface area is 209 Å². The molecule has 1 aliphatic heterocycles. The van der Waals surface area contributed by atoms with E-state index in [1.54, 1.807) is 54.6 Å². The number of likely N-dealkylation sites (tertiary alicyclic amines) is 1. The summed E-state index contributed by atoms with van der Waals surface area (Å²) in [5, 5.41) is 11.3. The lowest BCUT2D eigenvalue weighted by Crippen LogP contribution is -2.29. The molecule has 0 bridgehead atoms. The first-order valence-electron chi connectivity index (χ1n) is 11.7. The summed E-state index contributed by atoms with van der Waals surface area (Å²) in [6.07, 6.45) is 3.47. The molecule has 4 rings (SSSR count). The van der Waals surface area contributed by atoms with Crippen LogP contribution in [0.15, 0.2) is 70.9 Å². The van der Waals surface area contributed by atoms with Gasteiger partial charge in [0.05, 0.1) is 45.2 Å². The van der Waals surface area contributed by atoms with E-state index in [4.69, 9.17) is 18.6 Å². The summed E-state index contributed by atoms with van der Waals surface area (Å²) in [7, 11) is 2.99. The monoisotopic (exact) mass is 491 g/mol. The number of aliphatic hydroxyl groups is 1. The average molecular weight is 492 g/mol. The topological polar surface area (TPSA) is 98.4 Å². The Morgan fingerprint density at radius 1 is 1.03 bits per heavy atom. The second kappa shape index (κ2) is 11.0. The van der Waals surface area contributed by atoms with Crippen LogP contribution in [0.4, 0.5) is 0 Å². The van der Waals surface area contributed by atoms with Crippen LogP contribution in [0.5, 0.6) is 17.2 Å². The van der Waals surface area contributed by atoms with Crippen molar-refractivity contribution in [2.45, 2.75) is 32.4 Å². The summed E-state index contributed by atoms with van der Waals surface area (Å²) in [6.45, 7) is 2.76. The van der Waals surface area contributed by atoms with E-state index in [2.05, 4.69) is 6.92 Å². The summed E-state index contributed by atoms with van der Waals surface area (Å²) in [6, 6.07) is 14.6. The Kier molecular flexibility index (Phi) is 7.63. The lowest BCUT2D eigenvalue weighted by Gasteiger charge is -2.24. The molecule has 0 saturated carbocycles. The number of nitrogens with zero attached hydrogens (tertiary/aromatic N) is 1. The fraction of sp³-hybridized carbons (Fsp3) is 0.286. The van der Waals surface area contributed by atoms with E-state index in [0.717, 1.165) is 12.8 Å². The van der Waals surface area contributed by atoms with E-state index in [9.17, 15) is 14.7 Å². The zero-order chi connectivity index (χ0) is 25.7. The maximum absolute atomic E-state index is 13.2. The summed E-state index contributed by atoms with van der Waals surface area (Å²) in [4.78, 5) is 27.8. The first-order valence-corrected chi connectivity index (χ1v) is 11.7. The molecule has 1 fully saturated rings. The third-order valence-electron chi connectivity index (χ3n) is 6.07. The predicted octanol–water partition coefficient (Wildman–Crippen LogP) is 5.10. The number of Topliss-reactive ketones (excluding diaryl/α,β-unsaturated/α-hetero) is 1. The van der Waals surface area contributed by atoms with Crippen molar-refractivity contribution >= 4 is 17.4 Å². The van der Waals surface area contributed by atoms with Crippen LogP contribution in [0.3, 0.4) is 0 Å². The van der Waals surface area contributed by atoms with Gasteiger partial charge >= 0.3 is 0 Å². The van der Waals surface area contributed by atoms with Crippen molar-refractivity contribution in [1.29, 1.82) is 0 Å². The molecule has 8 heteroatoms. The third kappa shape index (κ3) is 4.93. The highest BCUT2D eigenvalue weighted by Crippen LogP contribution is 2.41. The number of furan rings is 1. The van der Waals surface area contributed by atoms with Gasteiger partial charge in [0.25, 0.3) is 11.7 Å². The van der Waals surface area contributed by atoms with Crippen LogP contribution in [-0.2, 0) is 16.1 Å². The van der Waals surface area contributed by atoms with Gasteiger partial charge in [-0.15, -0.1) is 0 Å². The fourth-order valence-corrected chi connectivity index (χ4v) is 4.18. The fourth-order valence-electron chi connectivity index (χ4n) is 4.18. The quantitative estimate of drug-likeness (QED) is 0.182. The smallest absolute Gasteiger partial charge is 0.296 e. The van der Waals surface area contributed by atoms with E-state index in [1.165, 1.54) is 25.4 Å². The normalized spacial score (nSPS) is 16.9. The van der Waals surface area contributed by atoms with Crippen molar-refractivity contribution in [3.8, 4) is 17.2 Å². The van der Waals surface area contributed by atoms with Gasteiger partial charge in [-0.05, 0) is 54.4 Å². The highest BCUT2D eigenvalue weighted by Gasteiger charge is 2.46. The largest absolute Gasteiger partial charge is 0.507 e. The van der Waals surface area contributed by atoms with Gasteiger partial charge in [0, 0.05) is 5.56 Å². The summed E-state index contributed by atoms with van der Waals surface area (Å²) < 4.78 is 21.8. The molecular formula is C28H29NO7. The molecule has 1 aliphatic rings. The molecule has 0 spiro atoms. The van der Waals surface area contributed by atoms with Crippen LogP contribution < -0.4 is 14.2 Å². The minimum Gasteiger partial charge on any atom is -0.507 e. The van der Waals surface area contributed by atoms with Gasteiger partial charge in [-0.2, -0.15) is 0 Å². The van der Waals surface area contributed by atoms with Crippen molar-refractivity contribution in [1.82, 2.24) is 4.90 Å². The minimum atomic E-state index is -0.826. The summed E-state index contributed by atoms with van der Waals surface area (Å²) >= 11 is 0. The second-order valence-corrected chi connectivity index (χ2v) is 8.35. The molecular weight excluding hydrogens is 462 g/mol. The average Bonchev–Trinajstić information content (AvgIpc) is 3.51. The highest BCUT2D eigenvalue weighted by atomic mass is 16.5. The molecule has 1 amide bonds. The molecule has 1 aromatic heterocycles. The molecule has 1 unspecified atom stereocenters. The van der Waals surface area contributed by atoms with Gasteiger partial charge in [0.15, 0.2) is 11.5 Å². The van der Waals surface area contributed by atoms with Crippen molar-refractivity contribution in [3.63, 3.8) is 0 Å². The van der Waals surface area contributed by atoms with Crippen LogP contribution >= 0.6 is 0 Å². The highest BCUT2D eigenvalue weighted by molar-refractivity contribution is 6.46. The van der Waals surface area contributed by atoms with Crippen LogP contribution in [0, 0.1) is 0 Å². The van der Waals surface area contributed by atoms with Crippen LogP contribution in [0.1, 0.15) is 42.7 Å². The Hall–Kier alpha value is -4.20. The number of hydrogen-bond donors (Lipinski definition) is 1. The number of ether oxygens (including phenoxy) is 3. The van der Waals surface area contributed by atoms with Crippen molar-refractivity contribution in [2.24, 2.45) is 0 Å². The molecule has 1 atom stereocenters. The number of unbranched alkanes of at least 4 members (excludes halogenated alkanes) is 1. The molecule has 2 heterocycles. The number of ketones is 1. The molecule has 8 nitrogen and oxygen atoms in total.